The van der Waals surface area contributed by atoms with Crippen molar-refractivity contribution in [1.82, 2.24) is 19.8 Å². The third-order valence-electron chi connectivity index (χ3n) is 11.1. The molecule has 9 rings (SSSR count). The quantitative estimate of drug-likeness (QED) is 0.104. The molecule has 0 aliphatic carbocycles. The molecule has 0 radical (unpaired) electrons. The van der Waals surface area contributed by atoms with Crippen molar-refractivity contribution in [3.05, 3.63) is 129 Å². The van der Waals surface area contributed by atoms with Crippen LogP contribution in [0.25, 0.3) is 33.1 Å². The van der Waals surface area contributed by atoms with E-state index in [4.69, 9.17) is 4.42 Å². The largest absolute Gasteiger partial charge is 0.506 e. The van der Waals surface area contributed by atoms with Crippen LogP contribution in [-0.2, 0) is 19.5 Å². The Hall–Kier alpha value is -5.69. The Kier molecular flexibility index (Phi) is 9.80. The van der Waals surface area contributed by atoms with E-state index < -0.39 is 18.0 Å². The van der Waals surface area contributed by atoms with Crippen LogP contribution in [0.4, 0.5) is 10.5 Å². The van der Waals surface area contributed by atoms with E-state index in [0.717, 1.165) is 54.7 Å². The second-order valence-electron chi connectivity index (χ2n) is 14.4. The lowest BCUT2D eigenvalue weighted by atomic mass is 9.82. The number of amides is 1. The highest BCUT2D eigenvalue weighted by Crippen LogP contribution is 2.39. The van der Waals surface area contributed by atoms with Crippen molar-refractivity contribution in [3.8, 4) is 16.9 Å². The van der Waals surface area contributed by atoms with Gasteiger partial charge in [-0.1, -0.05) is 54.6 Å². The maximum Gasteiger partial charge on any atom is 0.419 e. The number of anilines is 1. The molecule has 3 saturated heterocycles. The van der Waals surface area contributed by atoms with Gasteiger partial charge in [-0.25, -0.2) is 9.59 Å². The van der Waals surface area contributed by atoms with Crippen LogP contribution in [0, 0.1) is 5.92 Å². The molecule has 2 bridgehead atoms. The second-order valence-corrected chi connectivity index (χ2v) is 14.4. The number of pyridine rings is 1. The van der Waals surface area contributed by atoms with Crippen molar-refractivity contribution in [2.24, 2.45) is 5.92 Å². The average molecular weight is 730 g/mol. The van der Waals surface area contributed by atoms with Crippen molar-refractivity contribution < 1.29 is 24.5 Å². The Bertz CT molecular complexity index is 2430. The molecular formula is C42H43N5O7. The van der Waals surface area contributed by atoms with E-state index in [-0.39, 0.29) is 29.4 Å². The van der Waals surface area contributed by atoms with Gasteiger partial charge in [0.05, 0.1) is 28.9 Å². The first kappa shape index (κ1) is 35.3. The molecule has 3 fully saturated rings. The van der Waals surface area contributed by atoms with E-state index in [1.165, 1.54) is 12.1 Å². The first-order valence-corrected chi connectivity index (χ1v) is 18.5. The van der Waals surface area contributed by atoms with Gasteiger partial charge in [0.2, 0.25) is 5.56 Å². The molecule has 4 aromatic carbocycles. The van der Waals surface area contributed by atoms with Gasteiger partial charge >= 0.3 is 11.8 Å². The SMILES string of the molecule is O=C(O)N(c1cc(CCCn2c(=O)oc3cc(CNC[C@@H](O)c4ccc(O)c5[nH]c(=O)ccc45)ccc32)ccc1-c1ccccc1)[C@H]1CN2CCC1CC2. The lowest BCUT2D eigenvalue weighted by Crippen LogP contribution is -2.59. The van der Waals surface area contributed by atoms with Crippen molar-refractivity contribution >= 4 is 33.8 Å². The summed E-state index contributed by atoms with van der Waals surface area (Å²) in [5, 5.41) is 35.5. The topological polar surface area (TPSA) is 164 Å². The van der Waals surface area contributed by atoms with Crippen molar-refractivity contribution in [2.45, 2.75) is 50.9 Å². The van der Waals surface area contributed by atoms with Gasteiger partial charge in [-0.2, -0.15) is 0 Å². The Morgan fingerprint density at radius 2 is 1.76 bits per heavy atom. The number of aliphatic hydroxyl groups is 1. The summed E-state index contributed by atoms with van der Waals surface area (Å²) in [4.78, 5) is 44.3. The number of rotatable bonds is 12. The van der Waals surface area contributed by atoms with Gasteiger partial charge in [-0.3, -0.25) is 14.3 Å². The molecule has 54 heavy (non-hydrogen) atoms. The normalized spacial score (nSPS) is 18.6. The Morgan fingerprint density at radius 1 is 0.963 bits per heavy atom. The minimum Gasteiger partial charge on any atom is -0.506 e. The average Bonchev–Trinajstić information content (AvgIpc) is 3.49. The van der Waals surface area contributed by atoms with E-state index in [2.05, 4.69) is 21.3 Å². The lowest BCUT2D eigenvalue weighted by molar-refractivity contribution is 0.0837. The number of hydrogen-bond donors (Lipinski definition) is 5. The standard InChI is InChI=1S/C42H43N5O7/c48-36-14-11-31(32-12-15-39(50)44-40(32)36)37(49)24-43-23-27-9-13-33-38(22-27)54-42(53)46(33)18-4-5-26-8-10-30(28-6-2-1-3-7-28)34(21-26)47(41(51)52)35-25-45-19-16-29(35)17-20-45/h1-3,6-15,21-22,29,35,37,43,48-49H,4-5,16-20,23-25H2,(H,44,50)(H,51,52)/t35-,37+/m0/s1. The second kappa shape index (κ2) is 15.0. The number of H-pyrrole nitrogens is 1. The highest BCUT2D eigenvalue weighted by Gasteiger charge is 2.41. The summed E-state index contributed by atoms with van der Waals surface area (Å²) < 4.78 is 7.27. The van der Waals surface area contributed by atoms with E-state index in [1.807, 2.05) is 60.7 Å². The number of carbonyl (C=O) groups is 1. The van der Waals surface area contributed by atoms with Crippen LogP contribution >= 0.6 is 0 Å². The minimum atomic E-state index is -0.935. The van der Waals surface area contributed by atoms with Crippen LogP contribution in [0.3, 0.4) is 0 Å². The summed E-state index contributed by atoms with van der Waals surface area (Å²) in [6.45, 7) is 3.83. The van der Waals surface area contributed by atoms with E-state index in [9.17, 15) is 29.7 Å². The number of aliphatic hydroxyl groups excluding tert-OH is 1. The lowest BCUT2D eigenvalue weighted by Gasteiger charge is -2.48. The number of aryl methyl sites for hydroxylation is 2. The third kappa shape index (κ3) is 7.03. The molecule has 5 heterocycles. The van der Waals surface area contributed by atoms with Crippen molar-refractivity contribution in [2.75, 3.05) is 31.1 Å². The maximum atomic E-state index is 13.0. The molecule has 3 aliphatic rings. The molecule has 2 atom stereocenters. The molecular weight excluding hydrogens is 686 g/mol. The summed E-state index contributed by atoms with van der Waals surface area (Å²) in [5.41, 5.74) is 6.10. The monoisotopic (exact) mass is 729 g/mol. The number of hydrogen-bond acceptors (Lipinski definition) is 8. The number of fused-ring (bicyclic) bond motifs is 5. The summed E-state index contributed by atoms with van der Waals surface area (Å²) in [6, 6.07) is 27.5. The van der Waals surface area contributed by atoms with Crippen LogP contribution < -0.4 is 21.5 Å². The molecule has 0 spiro atoms. The zero-order valence-electron chi connectivity index (χ0n) is 29.8. The van der Waals surface area contributed by atoms with Crippen LogP contribution in [0.5, 0.6) is 5.75 Å². The molecule has 12 nitrogen and oxygen atoms in total. The zero-order valence-corrected chi connectivity index (χ0v) is 29.8. The van der Waals surface area contributed by atoms with Crippen molar-refractivity contribution in [1.29, 1.82) is 0 Å². The van der Waals surface area contributed by atoms with Gasteiger partial charge in [-0.15, -0.1) is 0 Å². The number of aromatic hydroxyl groups is 1. The molecule has 5 N–H and O–H groups in total. The van der Waals surface area contributed by atoms with Gasteiger partial charge in [-0.05, 0) is 97.3 Å². The summed E-state index contributed by atoms with van der Waals surface area (Å²) >= 11 is 0. The number of nitrogens with one attached hydrogen (secondary N) is 2. The number of benzene rings is 4. The molecule has 0 saturated carbocycles. The number of aromatic amines is 1. The van der Waals surface area contributed by atoms with E-state index in [0.29, 0.717) is 59.6 Å². The van der Waals surface area contributed by atoms with Gasteiger partial charge in [0.15, 0.2) is 5.58 Å². The Labute approximate surface area is 310 Å². The highest BCUT2D eigenvalue weighted by atomic mass is 16.4. The van der Waals surface area contributed by atoms with Crippen LogP contribution in [-0.4, -0.2) is 68.1 Å². The predicted octanol–water partition coefficient (Wildman–Crippen LogP) is 5.84. The summed E-state index contributed by atoms with van der Waals surface area (Å²) in [7, 11) is 0. The number of phenolic OH excluding ortho intramolecular Hbond substituents is 1. The smallest absolute Gasteiger partial charge is 0.419 e. The molecule has 3 aliphatic heterocycles. The number of aromatic nitrogens is 2. The molecule has 2 aromatic heterocycles. The summed E-state index contributed by atoms with van der Waals surface area (Å²) in [6.07, 6.45) is 1.47. The Morgan fingerprint density at radius 3 is 2.52 bits per heavy atom. The fourth-order valence-corrected chi connectivity index (χ4v) is 8.33. The fraction of sp³-hybridized carbons (Fsp3) is 0.310. The molecule has 278 valence electrons. The van der Waals surface area contributed by atoms with Crippen LogP contribution in [0.2, 0.25) is 0 Å². The van der Waals surface area contributed by atoms with Gasteiger partial charge in [0.25, 0.3) is 0 Å². The van der Waals surface area contributed by atoms with Crippen LogP contribution in [0.1, 0.15) is 42.1 Å². The number of nitrogens with zero attached hydrogens (tertiary/aromatic N) is 3. The first-order chi connectivity index (χ1) is 26.2. The number of phenols is 1. The highest BCUT2D eigenvalue weighted by molar-refractivity contribution is 5.94. The van der Waals surface area contributed by atoms with Crippen molar-refractivity contribution in [3.63, 3.8) is 0 Å². The van der Waals surface area contributed by atoms with E-state index in [1.54, 1.807) is 21.6 Å². The summed E-state index contributed by atoms with van der Waals surface area (Å²) in [5.74, 6) is -0.174. The Balaban J connectivity index is 0.949. The fourth-order valence-electron chi connectivity index (χ4n) is 8.33. The van der Waals surface area contributed by atoms with Gasteiger partial charge < -0.3 is 34.9 Å². The molecule has 6 aromatic rings. The first-order valence-electron chi connectivity index (χ1n) is 18.5. The molecule has 1 amide bonds. The number of piperidine rings is 3. The van der Waals surface area contributed by atoms with Crippen LogP contribution in [0.15, 0.2) is 105 Å². The number of oxazole rings is 1. The third-order valence-corrected chi connectivity index (χ3v) is 11.1. The zero-order chi connectivity index (χ0) is 37.3. The molecule has 12 heteroatoms. The van der Waals surface area contributed by atoms with E-state index >= 15 is 0 Å². The number of carboxylic acid groups (broad SMARTS) is 1. The minimum absolute atomic E-state index is 0.0677. The molecule has 0 unspecified atom stereocenters. The maximum absolute atomic E-state index is 13.0. The predicted molar refractivity (Wildman–Crippen MR) is 207 cm³/mol. The van der Waals surface area contributed by atoms with Gasteiger partial charge in [0.1, 0.15) is 5.75 Å². The van der Waals surface area contributed by atoms with Gasteiger partial charge in [0, 0.05) is 43.2 Å².